The largest absolute Gasteiger partial charge is 0.355 e. The van der Waals surface area contributed by atoms with Gasteiger partial charge in [-0.15, -0.1) is 0 Å². The van der Waals surface area contributed by atoms with Crippen molar-refractivity contribution < 1.29 is 0 Å². The highest BCUT2D eigenvalue weighted by Gasteiger charge is 2.25. The monoisotopic (exact) mass is 416 g/mol. The van der Waals surface area contributed by atoms with Gasteiger partial charge in [-0.05, 0) is 36.4 Å². The number of nitrogens with one attached hydrogen (secondary N) is 1. The maximum absolute atomic E-state index is 5.01. The van der Waals surface area contributed by atoms with Crippen LogP contribution in [0.5, 0.6) is 0 Å². The van der Waals surface area contributed by atoms with E-state index in [1.807, 2.05) is 43.4 Å². The summed E-state index contributed by atoms with van der Waals surface area (Å²) in [7, 11) is 1.84. The number of hydrogen-bond donors (Lipinski definition) is 1. The van der Waals surface area contributed by atoms with Crippen LogP contribution < -0.4 is 10.2 Å². The van der Waals surface area contributed by atoms with Crippen molar-refractivity contribution in [1.29, 1.82) is 0 Å². The second-order valence-corrected chi connectivity index (χ2v) is 7.54. The van der Waals surface area contributed by atoms with Crippen LogP contribution >= 0.6 is 0 Å². The smallest absolute Gasteiger partial charge is 0.115 e. The van der Waals surface area contributed by atoms with Crippen molar-refractivity contribution in [3.05, 3.63) is 120 Å². The lowest BCUT2D eigenvalue weighted by atomic mass is 9.95. The summed E-state index contributed by atoms with van der Waals surface area (Å²) in [5.41, 5.74) is 8.21. The minimum atomic E-state index is 0.545. The lowest BCUT2D eigenvalue weighted by molar-refractivity contribution is 0.967. The molecule has 0 amide bonds. The zero-order valence-electron chi connectivity index (χ0n) is 17.9. The van der Waals surface area contributed by atoms with Gasteiger partial charge in [-0.3, -0.25) is 9.98 Å². The SMILES string of the molecule is CN=C(C1=NCN(c2ccccc2)c2ccccc21)c1ccccc1Nc1ccccc1. The van der Waals surface area contributed by atoms with E-state index >= 15 is 0 Å². The van der Waals surface area contributed by atoms with Crippen LogP contribution in [0, 0.1) is 0 Å². The van der Waals surface area contributed by atoms with Gasteiger partial charge in [0, 0.05) is 35.2 Å². The fourth-order valence-corrected chi connectivity index (χ4v) is 4.07. The number of benzene rings is 4. The molecular weight excluding hydrogens is 392 g/mol. The second-order valence-electron chi connectivity index (χ2n) is 7.54. The standard InChI is InChI=1S/C28H24N4/c1-29-27(23-16-8-10-18-25(23)31-21-12-4-2-5-13-21)28-24-17-9-11-19-26(24)32(20-30-28)22-14-6-3-7-15-22/h2-19,31H,20H2,1H3. The molecule has 0 saturated carbocycles. The maximum Gasteiger partial charge on any atom is 0.115 e. The first-order valence-electron chi connectivity index (χ1n) is 10.7. The second kappa shape index (κ2) is 8.90. The molecule has 0 bridgehead atoms. The number of rotatable bonds is 5. The Morgan fingerprint density at radius 1 is 0.781 bits per heavy atom. The summed E-state index contributed by atoms with van der Waals surface area (Å²) in [5, 5.41) is 3.54. The van der Waals surface area contributed by atoms with E-state index < -0.39 is 0 Å². The van der Waals surface area contributed by atoms with E-state index in [1.54, 1.807) is 0 Å². The molecule has 5 rings (SSSR count). The van der Waals surface area contributed by atoms with Crippen LogP contribution in [0.3, 0.4) is 0 Å². The Hall–Kier alpha value is -4.18. The highest BCUT2D eigenvalue weighted by atomic mass is 15.2. The molecule has 4 nitrogen and oxygen atoms in total. The normalized spacial score (nSPS) is 13.3. The van der Waals surface area contributed by atoms with Gasteiger partial charge < -0.3 is 10.2 Å². The highest BCUT2D eigenvalue weighted by molar-refractivity contribution is 6.55. The van der Waals surface area contributed by atoms with Gasteiger partial charge in [0.05, 0.1) is 17.1 Å². The Bertz CT molecular complexity index is 1280. The van der Waals surface area contributed by atoms with Crippen molar-refractivity contribution in [2.75, 3.05) is 23.9 Å². The van der Waals surface area contributed by atoms with Gasteiger partial charge in [-0.25, -0.2) is 0 Å². The molecule has 4 aromatic carbocycles. The summed E-state index contributed by atoms with van der Waals surface area (Å²) in [6.07, 6.45) is 0. The Morgan fingerprint density at radius 2 is 1.44 bits per heavy atom. The van der Waals surface area contributed by atoms with E-state index in [9.17, 15) is 0 Å². The number of para-hydroxylation sites is 4. The first kappa shape index (κ1) is 19.8. The number of hydrogen-bond acceptors (Lipinski definition) is 4. The third-order valence-corrected chi connectivity index (χ3v) is 5.57. The van der Waals surface area contributed by atoms with Crippen LogP contribution in [-0.2, 0) is 0 Å². The van der Waals surface area contributed by atoms with Crippen LogP contribution in [0.4, 0.5) is 22.7 Å². The minimum absolute atomic E-state index is 0.545. The van der Waals surface area contributed by atoms with E-state index in [-0.39, 0.29) is 0 Å². The van der Waals surface area contributed by atoms with Crippen molar-refractivity contribution in [3.63, 3.8) is 0 Å². The fourth-order valence-electron chi connectivity index (χ4n) is 4.07. The molecule has 0 radical (unpaired) electrons. The van der Waals surface area contributed by atoms with Crippen molar-refractivity contribution >= 4 is 34.2 Å². The van der Waals surface area contributed by atoms with Crippen LogP contribution in [0.2, 0.25) is 0 Å². The molecule has 0 atom stereocenters. The lowest BCUT2D eigenvalue weighted by Crippen LogP contribution is -2.30. The first-order chi connectivity index (χ1) is 15.8. The Labute approximate surface area is 188 Å². The van der Waals surface area contributed by atoms with Gasteiger partial charge in [0.15, 0.2) is 0 Å². The number of fused-ring (bicyclic) bond motifs is 1. The minimum Gasteiger partial charge on any atom is -0.355 e. The molecule has 1 aliphatic heterocycles. The molecule has 1 heterocycles. The fraction of sp³-hybridized carbons (Fsp3) is 0.0714. The van der Waals surface area contributed by atoms with E-state index in [1.165, 1.54) is 0 Å². The van der Waals surface area contributed by atoms with Crippen LogP contribution in [-0.4, -0.2) is 25.1 Å². The van der Waals surface area contributed by atoms with Crippen molar-refractivity contribution in [2.45, 2.75) is 0 Å². The van der Waals surface area contributed by atoms with Crippen LogP contribution in [0.1, 0.15) is 11.1 Å². The molecule has 0 saturated heterocycles. The third kappa shape index (κ3) is 3.79. The van der Waals surface area contributed by atoms with Gasteiger partial charge in [0.2, 0.25) is 0 Å². The summed E-state index contributed by atoms with van der Waals surface area (Å²) < 4.78 is 0. The molecule has 156 valence electrons. The molecule has 0 spiro atoms. The van der Waals surface area contributed by atoms with Crippen molar-refractivity contribution in [2.24, 2.45) is 9.98 Å². The number of aliphatic imine (C=N–C) groups is 2. The van der Waals surface area contributed by atoms with Crippen LogP contribution in [0.15, 0.2) is 119 Å². The molecule has 32 heavy (non-hydrogen) atoms. The van der Waals surface area contributed by atoms with E-state index in [4.69, 9.17) is 9.98 Å². The zero-order chi connectivity index (χ0) is 21.8. The van der Waals surface area contributed by atoms with E-state index in [2.05, 4.69) is 83.0 Å². The van der Waals surface area contributed by atoms with Gasteiger partial charge in [0.25, 0.3) is 0 Å². The quantitative estimate of drug-likeness (QED) is 0.380. The summed E-state index contributed by atoms with van der Waals surface area (Å²) in [5.74, 6) is 0. The average molecular weight is 417 g/mol. The molecular formula is C28H24N4. The topological polar surface area (TPSA) is 40.0 Å². The van der Waals surface area contributed by atoms with Crippen LogP contribution in [0.25, 0.3) is 0 Å². The van der Waals surface area contributed by atoms with E-state index in [0.717, 1.165) is 45.3 Å². The predicted octanol–water partition coefficient (Wildman–Crippen LogP) is 6.45. The van der Waals surface area contributed by atoms with Crippen molar-refractivity contribution in [1.82, 2.24) is 0 Å². The molecule has 1 N–H and O–H groups in total. The molecule has 0 fully saturated rings. The summed E-state index contributed by atoms with van der Waals surface area (Å²) >= 11 is 0. The summed E-state index contributed by atoms with van der Waals surface area (Å²) in [6.45, 7) is 0.545. The summed E-state index contributed by atoms with van der Waals surface area (Å²) in [4.78, 5) is 12.0. The Kier molecular flexibility index (Phi) is 5.50. The molecule has 1 aliphatic rings. The predicted molar refractivity (Wildman–Crippen MR) is 135 cm³/mol. The zero-order valence-corrected chi connectivity index (χ0v) is 17.9. The van der Waals surface area contributed by atoms with Gasteiger partial charge >= 0.3 is 0 Å². The average Bonchev–Trinajstić information content (AvgIpc) is 2.87. The lowest BCUT2D eigenvalue weighted by Gasteiger charge is -2.30. The third-order valence-electron chi connectivity index (χ3n) is 5.57. The van der Waals surface area contributed by atoms with Gasteiger partial charge in [-0.2, -0.15) is 0 Å². The molecule has 0 unspecified atom stereocenters. The Morgan fingerprint density at radius 3 is 2.22 bits per heavy atom. The maximum atomic E-state index is 5.01. The Balaban J connectivity index is 1.56. The van der Waals surface area contributed by atoms with Crippen molar-refractivity contribution in [3.8, 4) is 0 Å². The molecule has 4 heteroatoms. The molecule has 0 aromatic heterocycles. The van der Waals surface area contributed by atoms with Gasteiger partial charge in [-0.1, -0.05) is 72.8 Å². The molecule has 4 aromatic rings. The molecule has 0 aliphatic carbocycles. The van der Waals surface area contributed by atoms with E-state index in [0.29, 0.717) is 6.67 Å². The van der Waals surface area contributed by atoms with Gasteiger partial charge in [0.1, 0.15) is 6.67 Å². The summed E-state index contributed by atoms with van der Waals surface area (Å²) in [6, 6.07) is 37.2. The first-order valence-corrected chi connectivity index (χ1v) is 10.7. The number of anilines is 4. The highest BCUT2D eigenvalue weighted by Crippen LogP contribution is 2.33. The number of nitrogens with zero attached hydrogens (tertiary/aromatic N) is 3.